The topological polar surface area (TPSA) is 177 Å². The van der Waals surface area contributed by atoms with Gasteiger partial charge in [-0.05, 0) is 36.8 Å². The fraction of sp³-hybridized carbons (Fsp3) is 0.107. The Labute approximate surface area is 242 Å². The van der Waals surface area contributed by atoms with E-state index in [0.29, 0.717) is 11.3 Å². The van der Waals surface area contributed by atoms with Gasteiger partial charge in [0, 0.05) is 17.7 Å². The molecule has 2 heterocycles. The van der Waals surface area contributed by atoms with Crippen LogP contribution in [0, 0.1) is 17.0 Å². The molecule has 5 rings (SSSR count). The van der Waals surface area contributed by atoms with E-state index >= 15 is 0 Å². The number of hydrogen-bond donors (Lipinski definition) is 2. The van der Waals surface area contributed by atoms with Gasteiger partial charge in [0.05, 0.1) is 34.7 Å². The molecule has 1 unspecified atom stereocenters. The number of amides is 1. The minimum absolute atomic E-state index is 0.0361. The van der Waals surface area contributed by atoms with Crippen LogP contribution in [0.25, 0.3) is 5.76 Å². The van der Waals surface area contributed by atoms with Crippen LogP contribution < -0.4 is 9.64 Å². The lowest BCUT2D eigenvalue weighted by atomic mass is 9.95. The van der Waals surface area contributed by atoms with E-state index < -0.39 is 38.3 Å². The normalized spacial score (nSPS) is 16.5. The first-order valence-corrected chi connectivity index (χ1v) is 14.4. The number of ketones is 1. The van der Waals surface area contributed by atoms with Crippen LogP contribution in [0.1, 0.15) is 22.7 Å². The molecule has 4 aromatic rings. The van der Waals surface area contributed by atoms with Crippen LogP contribution in [0.3, 0.4) is 0 Å². The van der Waals surface area contributed by atoms with Crippen LogP contribution in [0.2, 0.25) is 0 Å². The SMILES string of the molecule is COc1cc(C2/C(=C(\O)c3ccc(C)cc3)C(=O)C(=O)N2c2ncc(S(=O)(=O)c3ccc([N+](=O)[O-])cc3)s2)ccc1O. The van der Waals surface area contributed by atoms with Crippen molar-refractivity contribution in [2.45, 2.75) is 22.1 Å². The van der Waals surface area contributed by atoms with E-state index in [1.165, 1.54) is 25.3 Å². The Morgan fingerprint density at radius 2 is 1.74 bits per heavy atom. The third-order valence-corrected chi connectivity index (χ3v) is 9.82. The van der Waals surface area contributed by atoms with Crippen molar-refractivity contribution < 1.29 is 37.9 Å². The van der Waals surface area contributed by atoms with E-state index in [0.717, 1.165) is 40.9 Å². The predicted octanol–water partition coefficient (Wildman–Crippen LogP) is 4.53. The van der Waals surface area contributed by atoms with Gasteiger partial charge < -0.3 is 14.9 Å². The minimum Gasteiger partial charge on any atom is -0.507 e. The lowest BCUT2D eigenvalue weighted by Crippen LogP contribution is -2.29. The summed E-state index contributed by atoms with van der Waals surface area (Å²) in [4.78, 5) is 42.0. The average Bonchev–Trinajstić information content (AvgIpc) is 3.57. The van der Waals surface area contributed by atoms with Gasteiger partial charge in [-0.2, -0.15) is 0 Å². The number of thiazole rings is 1. The molecule has 1 aliphatic heterocycles. The van der Waals surface area contributed by atoms with E-state index in [1.54, 1.807) is 24.3 Å². The summed E-state index contributed by atoms with van der Waals surface area (Å²) in [5, 5.41) is 32.2. The number of phenols is 1. The lowest BCUT2D eigenvalue weighted by molar-refractivity contribution is -0.384. The van der Waals surface area contributed by atoms with Crippen molar-refractivity contribution in [1.29, 1.82) is 0 Å². The fourth-order valence-corrected chi connectivity index (χ4v) is 6.97. The highest BCUT2D eigenvalue weighted by Gasteiger charge is 2.48. The summed E-state index contributed by atoms with van der Waals surface area (Å²) in [5.41, 5.74) is 0.880. The molecule has 2 N–H and O–H groups in total. The molecule has 1 saturated heterocycles. The fourth-order valence-electron chi connectivity index (χ4n) is 4.43. The molecular weight excluding hydrogens is 586 g/mol. The Morgan fingerprint density at radius 3 is 2.36 bits per heavy atom. The maximum atomic E-state index is 13.4. The molecule has 1 aliphatic rings. The van der Waals surface area contributed by atoms with Gasteiger partial charge in [0.2, 0.25) is 9.84 Å². The monoisotopic (exact) mass is 607 g/mol. The van der Waals surface area contributed by atoms with Crippen molar-refractivity contribution in [3.05, 3.63) is 105 Å². The molecule has 0 bridgehead atoms. The number of phenolic OH excluding ortho intramolecular Hbond substituents is 1. The van der Waals surface area contributed by atoms with Gasteiger partial charge in [-0.15, -0.1) is 0 Å². The Hall–Kier alpha value is -5.08. The summed E-state index contributed by atoms with van der Waals surface area (Å²) in [7, 11) is -2.88. The molecule has 1 atom stereocenters. The van der Waals surface area contributed by atoms with Crippen LogP contribution in [-0.4, -0.2) is 47.3 Å². The number of aliphatic hydroxyl groups is 1. The number of aromatic nitrogens is 1. The van der Waals surface area contributed by atoms with Crippen molar-refractivity contribution in [3.8, 4) is 11.5 Å². The van der Waals surface area contributed by atoms with Crippen LogP contribution in [0.5, 0.6) is 11.5 Å². The summed E-state index contributed by atoms with van der Waals surface area (Å²) in [6.45, 7) is 1.84. The number of carbonyl (C=O) groups is 2. The number of rotatable bonds is 7. The van der Waals surface area contributed by atoms with Crippen LogP contribution in [0.4, 0.5) is 10.8 Å². The number of aryl methyl sites for hydroxylation is 1. The summed E-state index contributed by atoms with van der Waals surface area (Å²) in [5.74, 6) is -2.71. The number of aromatic hydroxyl groups is 1. The number of carbonyl (C=O) groups excluding carboxylic acids is 2. The number of sulfone groups is 1. The highest BCUT2D eigenvalue weighted by molar-refractivity contribution is 7.93. The summed E-state index contributed by atoms with van der Waals surface area (Å²) in [6.07, 6.45) is 1.02. The highest BCUT2D eigenvalue weighted by atomic mass is 32.2. The number of aliphatic hydroxyl groups excluding tert-OH is 1. The van der Waals surface area contributed by atoms with Gasteiger partial charge >= 0.3 is 5.91 Å². The van der Waals surface area contributed by atoms with Crippen LogP contribution >= 0.6 is 11.3 Å². The number of Topliss-reactive ketones (excluding diaryl/α,β-unsaturated/α-hetero) is 1. The molecule has 14 heteroatoms. The number of ether oxygens (including phenoxy) is 1. The lowest BCUT2D eigenvalue weighted by Gasteiger charge is -2.23. The summed E-state index contributed by atoms with van der Waals surface area (Å²) in [6, 6.07) is 13.8. The molecule has 1 amide bonds. The van der Waals surface area contributed by atoms with Crippen LogP contribution in [0.15, 0.2) is 87.6 Å². The zero-order valence-electron chi connectivity index (χ0n) is 21.9. The Morgan fingerprint density at radius 1 is 1.07 bits per heavy atom. The number of methoxy groups -OCH3 is 1. The average molecular weight is 608 g/mol. The number of nitrogens with zero attached hydrogens (tertiary/aromatic N) is 3. The van der Waals surface area contributed by atoms with E-state index in [9.17, 15) is 38.3 Å². The standard InChI is InChI=1S/C28H21N3O9S2/c1-15-3-5-16(6-4-15)25(33)23-24(17-7-12-20(32)21(13-17)40-2)30(27(35)26(23)34)28-29-14-22(41-28)42(38,39)19-10-8-18(9-11-19)31(36)37/h3-14,24,32-33H,1-2H3/b25-23+. The maximum absolute atomic E-state index is 13.4. The second kappa shape index (κ2) is 10.7. The zero-order chi connectivity index (χ0) is 30.3. The Bertz CT molecular complexity index is 1880. The number of anilines is 1. The molecule has 12 nitrogen and oxygen atoms in total. The van der Waals surface area contributed by atoms with Crippen molar-refractivity contribution >= 4 is 49.4 Å². The zero-order valence-corrected chi connectivity index (χ0v) is 23.5. The summed E-state index contributed by atoms with van der Waals surface area (Å²) >= 11 is 0.606. The van der Waals surface area contributed by atoms with E-state index in [2.05, 4.69) is 4.98 Å². The quantitative estimate of drug-likeness (QED) is 0.0997. The first-order valence-electron chi connectivity index (χ1n) is 12.1. The molecule has 0 saturated carbocycles. The second-order valence-corrected chi connectivity index (χ2v) is 12.4. The molecule has 214 valence electrons. The molecule has 0 spiro atoms. The van der Waals surface area contributed by atoms with E-state index in [4.69, 9.17) is 4.74 Å². The second-order valence-electron chi connectivity index (χ2n) is 9.18. The summed E-state index contributed by atoms with van der Waals surface area (Å²) < 4.78 is 31.5. The third-order valence-electron chi connectivity index (χ3n) is 6.59. The molecule has 42 heavy (non-hydrogen) atoms. The number of benzene rings is 3. The van der Waals surface area contributed by atoms with E-state index in [-0.39, 0.29) is 48.1 Å². The Kier molecular flexibility index (Phi) is 7.26. The largest absolute Gasteiger partial charge is 0.507 e. The van der Waals surface area contributed by atoms with Gasteiger partial charge in [-0.1, -0.05) is 47.2 Å². The minimum atomic E-state index is -4.20. The number of hydrogen-bond acceptors (Lipinski definition) is 11. The van der Waals surface area contributed by atoms with Crippen LogP contribution in [-0.2, 0) is 19.4 Å². The molecule has 3 aromatic carbocycles. The van der Waals surface area contributed by atoms with Gasteiger partial charge in [-0.25, -0.2) is 13.4 Å². The number of nitro benzene ring substituents is 1. The molecule has 1 aromatic heterocycles. The predicted molar refractivity (Wildman–Crippen MR) is 151 cm³/mol. The van der Waals surface area contributed by atoms with Gasteiger partial charge in [0.15, 0.2) is 16.6 Å². The highest BCUT2D eigenvalue weighted by Crippen LogP contribution is 2.45. The van der Waals surface area contributed by atoms with Gasteiger partial charge in [0.25, 0.3) is 11.5 Å². The maximum Gasteiger partial charge on any atom is 0.301 e. The van der Waals surface area contributed by atoms with E-state index in [1.807, 2.05) is 6.92 Å². The molecule has 0 radical (unpaired) electrons. The Balaban J connectivity index is 1.65. The van der Waals surface area contributed by atoms with Crippen molar-refractivity contribution in [1.82, 2.24) is 4.98 Å². The van der Waals surface area contributed by atoms with Gasteiger partial charge in [0.1, 0.15) is 9.97 Å². The molecule has 1 fully saturated rings. The molecular formula is C28H21N3O9S2. The van der Waals surface area contributed by atoms with Crippen molar-refractivity contribution in [2.75, 3.05) is 12.0 Å². The van der Waals surface area contributed by atoms with Gasteiger partial charge in [-0.3, -0.25) is 24.6 Å². The first kappa shape index (κ1) is 28.4. The van der Waals surface area contributed by atoms with Crippen molar-refractivity contribution in [3.63, 3.8) is 0 Å². The first-order chi connectivity index (χ1) is 19.9. The van der Waals surface area contributed by atoms with Crippen molar-refractivity contribution in [2.24, 2.45) is 0 Å². The number of nitro groups is 1. The number of non-ortho nitro benzene ring substituents is 1. The smallest absolute Gasteiger partial charge is 0.301 e. The third kappa shape index (κ3) is 4.86. The molecule has 0 aliphatic carbocycles.